The van der Waals surface area contributed by atoms with Crippen molar-refractivity contribution in [3.05, 3.63) is 59.7 Å². The summed E-state index contributed by atoms with van der Waals surface area (Å²) in [5, 5.41) is 11.7. The molecule has 138 valence electrons. The molecule has 0 aliphatic carbocycles. The number of benzene rings is 2. The van der Waals surface area contributed by atoms with Crippen molar-refractivity contribution in [2.75, 3.05) is 11.1 Å². The monoisotopic (exact) mass is 375 g/mol. The Hall–Kier alpha value is -2.67. The highest BCUT2D eigenvalue weighted by Crippen LogP contribution is 2.17. The molecule has 0 saturated carbocycles. The van der Waals surface area contributed by atoms with E-state index in [4.69, 9.17) is 5.11 Å². The van der Waals surface area contributed by atoms with E-state index in [1.165, 1.54) is 0 Å². The molecule has 0 saturated heterocycles. The van der Waals surface area contributed by atoms with Crippen LogP contribution >= 0.6 is 0 Å². The molecule has 0 aliphatic rings. The zero-order chi connectivity index (χ0) is 19.2. The van der Waals surface area contributed by atoms with Crippen LogP contribution in [-0.4, -0.2) is 31.2 Å². The van der Waals surface area contributed by atoms with E-state index in [0.29, 0.717) is 17.7 Å². The quantitative estimate of drug-likeness (QED) is 0.739. The third kappa shape index (κ3) is 5.42. The van der Waals surface area contributed by atoms with E-state index < -0.39 is 15.8 Å². The summed E-state index contributed by atoms with van der Waals surface area (Å²) in [5.74, 6) is -1.15. The van der Waals surface area contributed by atoms with Crippen LogP contribution in [0.3, 0.4) is 0 Å². The second-order valence-electron chi connectivity index (χ2n) is 5.82. The molecule has 0 radical (unpaired) electrons. The van der Waals surface area contributed by atoms with E-state index in [1.54, 1.807) is 55.5 Å². The minimum Gasteiger partial charge on any atom is -0.481 e. The van der Waals surface area contributed by atoms with Crippen molar-refractivity contribution >= 4 is 27.4 Å². The molecule has 1 amide bonds. The van der Waals surface area contributed by atoms with Gasteiger partial charge in [-0.2, -0.15) is 0 Å². The molecule has 0 spiro atoms. The van der Waals surface area contributed by atoms with Gasteiger partial charge in [0.2, 0.25) is 5.91 Å². The lowest BCUT2D eigenvalue weighted by Gasteiger charge is -2.10. The molecular weight excluding hydrogens is 354 g/mol. The summed E-state index contributed by atoms with van der Waals surface area (Å²) < 4.78 is 23.6. The number of rotatable bonds is 8. The van der Waals surface area contributed by atoms with Gasteiger partial charge in [0.15, 0.2) is 9.84 Å². The van der Waals surface area contributed by atoms with Crippen LogP contribution in [0.15, 0.2) is 53.4 Å². The lowest BCUT2D eigenvalue weighted by Crippen LogP contribution is -2.14. The lowest BCUT2D eigenvalue weighted by atomic mass is 10.1. The fourth-order valence-corrected chi connectivity index (χ4v) is 3.34. The van der Waals surface area contributed by atoms with Crippen molar-refractivity contribution in [3.8, 4) is 0 Å². The van der Waals surface area contributed by atoms with Crippen molar-refractivity contribution in [1.82, 2.24) is 0 Å². The van der Waals surface area contributed by atoms with Gasteiger partial charge in [-0.1, -0.05) is 37.3 Å². The Kier molecular flexibility index (Phi) is 6.52. The van der Waals surface area contributed by atoms with Gasteiger partial charge in [0.05, 0.1) is 17.1 Å². The van der Waals surface area contributed by atoms with Gasteiger partial charge in [-0.3, -0.25) is 9.59 Å². The summed E-state index contributed by atoms with van der Waals surface area (Å²) in [7, 11) is -3.23. The van der Waals surface area contributed by atoms with E-state index in [1.807, 2.05) is 0 Å². The molecule has 0 aliphatic heterocycles. The minimum atomic E-state index is -3.23. The molecule has 2 aromatic carbocycles. The topological polar surface area (TPSA) is 101 Å². The fraction of sp³-hybridized carbons (Fsp3) is 0.263. The number of nitrogens with one attached hydrogen (secondary N) is 1. The summed E-state index contributed by atoms with van der Waals surface area (Å²) >= 11 is 0. The third-order valence-corrected chi connectivity index (χ3v) is 5.69. The molecule has 2 rings (SSSR count). The number of carboxylic acids is 1. The van der Waals surface area contributed by atoms with Crippen LogP contribution in [0.4, 0.5) is 5.69 Å². The molecule has 0 aromatic heterocycles. The first kappa shape index (κ1) is 19.7. The van der Waals surface area contributed by atoms with Gasteiger partial charge in [0.1, 0.15) is 0 Å². The number of hydrogen-bond donors (Lipinski definition) is 2. The molecule has 0 unspecified atom stereocenters. The number of para-hydroxylation sites is 1. The van der Waals surface area contributed by atoms with Crippen LogP contribution in [-0.2, 0) is 32.3 Å². The van der Waals surface area contributed by atoms with Gasteiger partial charge in [0, 0.05) is 12.1 Å². The van der Waals surface area contributed by atoms with Crippen LogP contribution in [0.25, 0.3) is 0 Å². The standard InChI is InChI=1S/C19H21NO5S/c1-2-26(24,25)16-10-7-14(8-11-16)9-12-18(21)20-17-6-4-3-5-15(17)13-19(22)23/h3-8,10-11H,2,9,12-13H2,1H3,(H,20,21)(H,22,23). The molecule has 0 bridgehead atoms. The average molecular weight is 375 g/mol. The second-order valence-corrected chi connectivity index (χ2v) is 8.10. The first-order valence-corrected chi connectivity index (χ1v) is 9.88. The number of carboxylic acid groups (broad SMARTS) is 1. The molecule has 26 heavy (non-hydrogen) atoms. The van der Waals surface area contributed by atoms with E-state index in [0.717, 1.165) is 5.56 Å². The SMILES string of the molecule is CCS(=O)(=O)c1ccc(CCC(=O)Nc2ccccc2CC(=O)O)cc1. The number of hydrogen-bond acceptors (Lipinski definition) is 4. The Labute approximate surface area is 152 Å². The van der Waals surface area contributed by atoms with E-state index in [2.05, 4.69) is 5.32 Å². The third-order valence-electron chi connectivity index (χ3n) is 3.94. The summed E-state index contributed by atoms with van der Waals surface area (Å²) in [5.41, 5.74) is 1.89. The summed E-state index contributed by atoms with van der Waals surface area (Å²) in [6.07, 6.45) is 0.504. The predicted molar refractivity (Wildman–Crippen MR) is 98.9 cm³/mol. The fourth-order valence-electron chi connectivity index (χ4n) is 2.46. The minimum absolute atomic E-state index is 0.0461. The van der Waals surface area contributed by atoms with E-state index in [-0.39, 0.29) is 29.4 Å². The Morgan fingerprint density at radius 1 is 1.04 bits per heavy atom. The Bertz CT molecular complexity index is 888. The van der Waals surface area contributed by atoms with Crippen molar-refractivity contribution in [2.45, 2.75) is 31.1 Å². The number of aryl methyl sites for hydroxylation is 1. The van der Waals surface area contributed by atoms with Crippen LogP contribution in [0.2, 0.25) is 0 Å². The van der Waals surface area contributed by atoms with Gasteiger partial charge < -0.3 is 10.4 Å². The van der Waals surface area contributed by atoms with Gasteiger partial charge >= 0.3 is 5.97 Å². The molecule has 0 fully saturated rings. The molecule has 2 N–H and O–H groups in total. The zero-order valence-corrected chi connectivity index (χ0v) is 15.3. The number of anilines is 1. The molecule has 6 nitrogen and oxygen atoms in total. The molecule has 7 heteroatoms. The normalized spacial score (nSPS) is 11.1. The van der Waals surface area contributed by atoms with Crippen molar-refractivity contribution in [1.29, 1.82) is 0 Å². The Morgan fingerprint density at radius 2 is 1.69 bits per heavy atom. The maximum absolute atomic E-state index is 12.1. The molecule has 2 aromatic rings. The number of carbonyl (C=O) groups excluding carboxylic acids is 1. The highest BCUT2D eigenvalue weighted by atomic mass is 32.2. The largest absolute Gasteiger partial charge is 0.481 e. The van der Waals surface area contributed by atoms with Crippen molar-refractivity contribution in [3.63, 3.8) is 0 Å². The Balaban J connectivity index is 1.96. The Morgan fingerprint density at radius 3 is 2.31 bits per heavy atom. The lowest BCUT2D eigenvalue weighted by molar-refractivity contribution is -0.136. The molecular formula is C19H21NO5S. The first-order valence-electron chi connectivity index (χ1n) is 8.23. The highest BCUT2D eigenvalue weighted by molar-refractivity contribution is 7.91. The van der Waals surface area contributed by atoms with Crippen LogP contribution in [0.5, 0.6) is 0 Å². The van der Waals surface area contributed by atoms with Crippen molar-refractivity contribution in [2.24, 2.45) is 0 Å². The smallest absolute Gasteiger partial charge is 0.307 e. The van der Waals surface area contributed by atoms with Gasteiger partial charge in [-0.05, 0) is 35.7 Å². The van der Waals surface area contributed by atoms with E-state index >= 15 is 0 Å². The number of amides is 1. The van der Waals surface area contributed by atoms with Gasteiger partial charge in [-0.25, -0.2) is 8.42 Å². The maximum Gasteiger partial charge on any atom is 0.307 e. The maximum atomic E-state index is 12.1. The van der Waals surface area contributed by atoms with Crippen LogP contribution < -0.4 is 5.32 Å². The summed E-state index contributed by atoms with van der Waals surface area (Å²) in [4.78, 5) is 23.3. The van der Waals surface area contributed by atoms with Crippen LogP contribution in [0.1, 0.15) is 24.5 Å². The number of aliphatic carboxylic acids is 1. The van der Waals surface area contributed by atoms with Crippen molar-refractivity contribution < 1.29 is 23.1 Å². The highest BCUT2D eigenvalue weighted by Gasteiger charge is 2.12. The predicted octanol–water partition coefficient (Wildman–Crippen LogP) is 2.68. The molecule has 0 atom stereocenters. The summed E-state index contributed by atoms with van der Waals surface area (Å²) in [6, 6.07) is 13.3. The van der Waals surface area contributed by atoms with E-state index in [9.17, 15) is 18.0 Å². The second kappa shape index (κ2) is 8.62. The number of sulfone groups is 1. The molecule has 0 heterocycles. The number of carbonyl (C=O) groups is 2. The zero-order valence-electron chi connectivity index (χ0n) is 14.4. The van der Waals surface area contributed by atoms with Crippen LogP contribution in [0, 0.1) is 0 Å². The van der Waals surface area contributed by atoms with Gasteiger partial charge in [-0.15, -0.1) is 0 Å². The first-order chi connectivity index (χ1) is 12.3. The van der Waals surface area contributed by atoms with Gasteiger partial charge in [0.25, 0.3) is 0 Å². The summed E-state index contributed by atoms with van der Waals surface area (Å²) in [6.45, 7) is 1.59. The average Bonchev–Trinajstić information content (AvgIpc) is 2.61.